The Labute approximate surface area is 106 Å². The molecule has 0 aromatic heterocycles. The Morgan fingerprint density at radius 3 is 2.12 bits per heavy atom. The van der Waals surface area contributed by atoms with Crippen molar-refractivity contribution < 1.29 is 5.11 Å². The minimum atomic E-state index is -0.446. The van der Waals surface area contributed by atoms with Gasteiger partial charge in [0.25, 0.3) is 0 Å². The summed E-state index contributed by atoms with van der Waals surface area (Å²) in [5, 5.41) is 11.0. The largest absolute Gasteiger partial charge is 0.389 e. The third-order valence-corrected chi connectivity index (χ3v) is 5.70. The van der Waals surface area contributed by atoms with E-state index >= 15 is 0 Å². The molecule has 2 fully saturated rings. The molecule has 2 heteroatoms. The van der Waals surface area contributed by atoms with Crippen molar-refractivity contribution in [2.45, 2.75) is 76.7 Å². The Morgan fingerprint density at radius 1 is 1.06 bits per heavy atom. The van der Waals surface area contributed by atoms with E-state index in [0.717, 1.165) is 31.6 Å². The second-order valence-corrected chi connectivity index (χ2v) is 6.43. The topological polar surface area (TPSA) is 46.2 Å². The standard InChI is InChI=1S/C15H29NO/c1-2-13-6-10-14(12-16,11-7-13)15(17)8-4-3-5-9-15/h13,17H,2-12,16H2,1H3. The van der Waals surface area contributed by atoms with Crippen molar-refractivity contribution in [2.24, 2.45) is 17.1 Å². The molecule has 0 amide bonds. The number of hydrogen-bond donors (Lipinski definition) is 2. The second kappa shape index (κ2) is 5.27. The molecule has 2 nitrogen and oxygen atoms in total. The van der Waals surface area contributed by atoms with Gasteiger partial charge in [0.1, 0.15) is 0 Å². The second-order valence-electron chi connectivity index (χ2n) is 6.43. The van der Waals surface area contributed by atoms with Gasteiger partial charge >= 0.3 is 0 Å². The van der Waals surface area contributed by atoms with E-state index in [-0.39, 0.29) is 5.41 Å². The van der Waals surface area contributed by atoms with Crippen LogP contribution in [0.15, 0.2) is 0 Å². The molecule has 100 valence electrons. The number of nitrogens with two attached hydrogens (primary N) is 1. The van der Waals surface area contributed by atoms with Gasteiger partial charge in [0.2, 0.25) is 0 Å². The van der Waals surface area contributed by atoms with Crippen LogP contribution in [0.25, 0.3) is 0 Å². The van der Waals surface area contributed by atoms with Crippen molar-refractivity contribution in [3.8, 4) is 0 Å². The predicted molar refractivity (Wildman–Crippen MR) is 71.8 cm³/mol. The van der Waals surface area contributed by atoms with Gasteiger partial charge in [0.05, 0.1) is 5.60 Å². The summed E-state index contributed by atoms with van der Waals surface area (Å²) in [4.78, 5) is 0. The summed E-state index contributed by atoms with van der Waals surface area (Å²) in [5.74, 6) is 0.877. The van der Waals surface area contributed by atoms with Gasteiger partial charge in [-0.2, -0.15) is 0 Å². The molecule has 0 unspecified atom stereocenters. The fourth-order valence-electron chi connectivity index (χ4n) is 4.16. The van der Waals surface area contributed by atoms with Gasteiger partial charge in [0, 0.05) is 12.0 Å². The van der Waals surface area contributed by atoms with Crippen LogP contribution in [0.2, 0.25) is 0 Å². The molecule has 0 heterocycles. The van der Waals surface area contributed by atoms with E-state index in [2.05, 4.69) is 6.92 Å². The summed E-state index contributed by atoms with van der Waals surface area (Å²) in [6, 6.07) is 0. The maximum absolute atomic E-state index is 11.0. The summed E-state index contributed by atoms with van der Waals surface area (Å²) in [6.45, 7) is 2.97. The predicted octanol–water partition coefficient (Wildman–Crippen LogP) is 3.23. The Balaban J connectivity index is 2.09. The maximum atomic E-state index is 11.0. The van der Waals surface area contributed by atoms with Crippen molar-refractivity contribution in [3.63, 3.8) is 0 Å². The van der Waals surface area contributed by atoms with Gasteiger partial charge in [0.15, 0.2) is 0 Å². The number of rotatable bonds is 3. The maximum Gasteiger partial charge on any atom is 0.0715 e. The molecule has 17 heavy (non-hydrogen) atoms. The Hall–Kier alpha value is -0.0800. The number of aliphatic hydroxyl groups is 1. The van der Waals surface area contributed by atoms with Gasteiger partial charge in [-0.05, 0) is 44.4 Å². The Morgan fingerprint density at radius 2 is 1.65 bits per heavy atom. The summed E-state index contributed by atoms with van der Waals surface area (Å²) in [6.07, 6.45) is 11.8. The fraction of sp³-hybridized carbons (Fsp3) is 1.00. The molecule has 0 aliphatic heterocycles. The first-order chi connectivity index (χ1) is 8.16. The highest BCUT2D eigenvalue weighted by Crippen LogP contribution is 2.51. The first kappa shape index (κ1) is 13.4. The van der Waals surface area contributed by atoms with Gasteiger partial charge in [-0.25, -0.2) is 0 Å². The van der Waals surface area contributed by atoms with Crippen LogP contribution in [0.1, 0.15) is 71.1 Å². The lowest BCUT2D eigenvalue weighted by Gasteiger charge is -2.52. The van der Waals surface area contributed by atoms with Crippen LogP contribution in [0.3, 0.4) is 0 Å². The first-order valence-corrected chi connectivity index (χ1v) is 7.58. The molecule has 0 spiro atoms. The van der Waals surface area contributed by atoms with Gasteiger partial charge in [-0.15, -0.1) is 0 Å². The fourth-order valence-corrected chi connectivity index (χ4v) is 4.16. The van der Waals surface area contributed by atoms with Crippen LogP contribution < -0.4 is 5.73 Å². The highest BCUT2D eigenvalue weighted by Gasteiger charge is 2.50. The van der Waals surface area contributed by atoms with Crippen LogP contribution in [0.4, 0.5) is 0 Å². The number of hydrogen-bond acceptors (Lipinski definition) is 2. The highest BCUT2D eigenvalue weighted by molar-refractivity contribution is 5.03. The van der Waals surface area contributed by atoms with Gasteiger partial charge in [-0.3, -0.25) is 0 Å². The Kier molecular flexibility index (Phi) is 4.14. The van der Waals surface area contributed by atoms with E-state index < -0.39 is 5.60 Å². The van der Waals surface area contributed by atoms with Crippen LogP contribution in [0, 0.1) is 11.3 Å². The van der Waals surface area contributed by atoms with Crippen LogP contribution in [-0.4, -0.2) is 17.3 Å². The minimum absolute atomic E-state index is 0.0408. The lowest BCUT2D eigenvalue weighted by Crippen LogP contribution is -2.55. The van der Waals surface area contributed by atoms with E-state index in [1.165, 1.54) is 38.5 Å². The van der Waals surface area contributed by atoms with Gasteiger partial charge < -0.3 is 10.8 Å². The first-order valence-electron chi connectivity index (χ1n) is 7.58. The lowest BCUT2D eigenvalue weighted by molar-refractivity contribution is -0.126. The smallest absolute Gasteiger partial charge is 0.0715 e. The molecule has 0 atom stereocenters. The van der Waals surface area contributed by atoms with Crippen molar-refractivity contribution >= 4 is 0 Å². The van der Waals surface area contributed by atoms with E-state index in [1.807, 2.05) is 0 Å². The van der Waals surface area contributed by atoms with E-state index in [0.29, 0.717) is 6.54 Å². The SMILES string of the molecule is CCC1CCC(CN)(C2(O)CCCCC2)CC1. The molecule has 0 saturated heterocycles. The van der Waals surface area contributed by atoms with Crippen molar-refractivity contribution in [3.05, 3.63) is 0 Å². The molecule has 0 aromatic rings. The highest BCUT2D eigenvalue weighted by atomic mass is 16.3. The minimum Gasteiger partial charge on any atom is -0.389 e. The molecule has 0 aromatic carbocycles. The average molecular weight is 239 g/mol. The third-order valence-electron chi connectivity index (χ3n) is 5.70. The average Bonchev–Trinajstić information content (AvgIpc) is 2.39. The summed E-state index contributed by atoms with van der Waals surface area (Å²) in [7, 11) is 0. The normalized spacial score (nSPS) is 37.9. The van der Waals surface area contributed by atoms with Crippen molar-refractivity contribution in [2.75, 3.05) is 6.54 Å². The van der Waals surface area contributed by atoms with Crippen LogP contribution in [0.5, 0.6) is 0 Å². The van der Waals surface area contributed by atoms with Crippen LogP contribution >= 0.6 is 0 Å². The molecule has 2 aliphatic rings. The lowest BCUT2D eigenvalue weighted by atomic mass is 9.57. The molecular weight excluding hydrogens is 210 g/mol. The van der Waals surface area contributed by atoms with Crippen LogP contribution in [-0.2, 0) is 0 Å². The van der Waals surface area contributed by atoms with Crippen molar-refractivity contribution in [1.82, 2.24) is 0 Å². The quantitative estimate of drug-likeness (QED) is 0.794. The third kappa shape index (κ3) is 2.39. The zero-order chi connectivity index (χ0) is 12.4. The van der Waals surface area contributed by atoms with Crippen molar-refractivity contribution in [1.29, 1.82) is 0 Å². The summed E-state index contributed by atoms with van der Waals surface area (Å²) >= 11 is 0. The molecule has 2 saturated carbocycles. The molecular formula is C15H29NO. The summed E-state index contributed by atoms with van der Waals surface area (Å²) in [5.41, 5.74) is 5.68. The molecule has 2 rings (SSSR count). The van der Waals surface area contributed by atoms with E-state index in [1.54, 1.807) is 0 Å². The van der Waals surface area contributed by atoms with Gasteiger partial charge in [-0.1, -0.05) is 32.6 Å². The van der Waals surface area contributed by atoms with E-state index in [4.69, 9.17) is 5.73 Å². The molecule has 0 bridgehead atoms. The molecule has 0 radical (unpaired) electrons. The zero-order valence-corrected chi connectivity index (χ0v) is 11.4. The zero-order valence-electron chi connectivity index (χ0n) is 11.4. The molecule has 2 aliphatic carbocycles. The van der Waals surface area contributed by atoms with E-state index in [9.17, 15) is 5.11 Å². The summed E-state index contributed by atoms with van der Waals surface area (Å²) < 4.78 is 0. The Bertz CT molecular complexity index is 237. The monoisotopic (exact) mass is 239 g/mol. The molecule has 3 N–H and O–H groups in total.